The van der Waals surface area contributed by atoms with Crippen molar-refractivity contribution in [2.24, 2.45) is 7.05 Å². The van der Waals surface area contributed by atoms with Crippen LogP contribution in [0.5, 0.6) is 0 Å². The van der Waals surface area contributed by atoms with E-state index in [2.05, 4.69) is 15.1 Å². The molecule has 6 heteroatoms. The van der Waals surface area contributed by atoms with Gasteiger partial charge in [-0.3, -0.25) is 9.67 Å². The number of nitrogens with zero attached hydrogens (tertiary/aromatic N) is 5. The van der Waals surface area contributed by atoms with Crippen molar-refractivity contribution in [1.29, 1.82) is 0 Å². The van der Waals surface area contributed by atoms with Crippen molar-refractivity contribution < 1.29 is 0 Å². The van der Waals surface area contributed by atoms with Crippen LogP contribution < -0.4 is 5.73 Å². The molecule has 104 valence electrons. The van der Waals surface area contributed by atoms with E-state index in [0.717, 1.165) is 27.6 Å². The number of nitrogens with two attached hydrogens (primary N) is 1. The summed E-state index contributed by atoms with van der Waals surface area (Å²) >= 11 is 0. The van der Waals surface area contributed by atoms with Gasteiger partial charge >= 0.3 is 0 Å². The molecule has 0 radical (unpaired) electrons. The molecule has 4 aromatic rings. The molecule has 0 fully saturated rings. The summed E-state index contributed by atoms with van der Waals surface area (Å²) in [5.74, 6) is 0.480. The maximum atomic E-state index is 6.09. The summed E-state index contributed by atoms with van der Waals surface area (Å²) in [6.07, 6.45) is 3.69. The van der Waals surface area contributed by atoms with Crippen LogP contribution in [0.3, 0.4) is 0 Å². The standard InChI is InChI=1S/C15H14N6/c1-20-7-6-10(19-20)9-21-14-11-4-2-3-5-12(11)17-8-13(14)18-15(21)16/h2-8H,9H2,1H3,(H2,16,18). The van der Waals surface area contributed by atoms with Crippen LogP contribution in [0.15, 0.2) is 42.7 Å². The maximum absolute atomic E-state index is 6.09. The number of benzene rings is 1. The second-order valence-electron chi connectivity index (χ2n) is 5.05. The van der Waals surface area contributed by atoms with Crippen molar-refractivity contribution in [2.75, 3.05) is 5.73 Å². The molecule has 3 aromatic heterocycles. The molecule has 0 saturated heterocycles. The van der Waals surface area contributed by atoms with Crippen LogP contribution in [0.4, 0.5) is 5.95 Å². The van der Waals surface area contributed by atoms with Crippen LogP contribution >= 0.6 is 0 Å². The molecule has 0 saturated carbocycles. The molecule has 6 nitrogen and oxygen atoms in total. The molecule has 21 heavy (non-hydrogen) atoms. The molecule has 0 aliphatic heterocycles. The number of aromatic nitrogens is 5. The third-order valence-electron chi connectivity index (χ3n) is 3.60. The summed E-state index contributed by atoms with van der Waals surface area (Å²) in [5, 5.41) is 5.46. The summed E-state index contributed by atoms with van der Waals surface area (Å²) in [5.41, 5.74) is 9.79. The second-order valence-corrected chi connectivity index (χ2v) is 5.05. The van der Waals surface area contributed by atoms with E-state index in [9.17, 15) is 0 Å². The van der Waals surface area contributed by atoms with E-state index >= 15 is 0 Å². The zero-order valence-corrected chi connectivity index (χ0v) is 11.6. The Balaban J connectivity index is 1.98. The van der Waals surface area contributed by atoms with Crippen LogP contribution in [0.25, 0.3) is 21.9 Å². The van der Waals surface area contributed by atoms with Crippen molar-refractivity contribution in [3.63, 3.8) is 0 Å². The van der Waals surface area contributed by atoms with E-state index in [1.807, 2.05) is 48.1 Å². The second kappa shape index (κ2) is 4.31. The Bertz CT molecular complexity index is 949. The first-order valence-corrected chi connectivity index (χ1v) is 6.70. The normalized spacial score (nSPS) is 11.5. The quantitative estimate of drug-likeness (QED) is 0.608. The Morgan fingerprint density at radius 1 is 1.14 bits per heavy atom. The van der Waals surface area contributed by atoms with Crippen molar-refractivity contribution >= 4 is 27.9 Å². The minimum Gasteiger partial charge on any atom is -0.369 e. The lowest BCUT2D eigenvalue weighted by Crippen LogP contribution is -2.06. The molecular weight excluding hydrogens is 264 g/mol. The van der Waals surface area contributed by atoms with Gasteiger partial charge in [-0.25, -0.2) is 4.98 Å². The fraction of sp³-hybridized carbons (Fsp3) is 0.133. The highest BCUT2D eigenvalue weighted by atomic mass is 15.3. The first-order valence-electron chi connectivity index (χ1n) is 6.70. The molecular formula is C15H14N6. The summed E-state index contributed by atoms with van der Waals surface area (Å²) in [6, 6.07) is 9.99. The smallest absolute Gasteiger partial charge is 0.201 e. The predicted octanol–water partition coefficient (Wildman–Crippen LogP) is 1.95. The zero-order valence-electron chi connectivity index (χ0n) is 11.6. The highest BCUT2D eigenvalue weighted by Crippen LogP contribution is 2.26. The van der Waals surface area contributed by atoms with E-state index in [1.54, 1.807) is 10.9 Å². The largest absolute Gasteiger partial charge is 0.369 e. The van der Waals surface area contributed by atoms with Crippen LogP contribution in [0, 0.1) is 0 Å². The maximum Gasteiger partial charge on any atom is 0.201 e. The van der Waals surface area contributed by atoms with E-state index in [-0.39, 0.29) is 0 Å². The topological polar surface area (TPSA) is 74.5 Å². The van der Waals surface area contributed by atoms with Crippen molar-refractivity contribution in [2.45, 2.75) is 6.54 Å². The Morgan fingerprint density at radius 2 is 2.00 bits per heavy atom. The van der Waals surface area contributed by atoms with Crippen LogP contribution in [-0.2, 0) is 13.6 Å². The van der Waals surface area contributed by atoms with Crippen molar-refractivity contribution in [1.82, 2.24) is 24.3 Å². The predicted molar refractivity (Wildman–Crippen MR) is 81.8 cm³/mol. The number of pyridine rings is 1. The van der Waals surface area contributed by atoms with Gasteiger partial charge in [0.25, 0.3) is 0 Å². The molecule has 4 rings (SSSR count). The lowest BCUT2D eigenvalue weighted by atomic mass is 10.2. The number of imidazole rings is 1. The summed E-state index contributed by atoms with van der Waals surface area (Å²) < 4.78 is 3.77. The third-order valence-corrected chi connectivity index (χ3v) is 3.60. The van der Waals surface area contributed by atoms with Gasteiger partial charge in [-0.15, -0.1) is 0 Å². The van der Waals surface area contributed by atoms with Gasteiger partial charge in [-0.05, 0) is 12.1 Å². The molecule has 0 aliphatic carbocycles. The van der Waals surface area contributed by atoms with Gasteiger partial charge in [0.2, 0.25) is 5.95 Å². The molecule has 0 atom stereocenters. The Labute approximate surface area is 120 Å². The molecule has 3 heterocycles. The van der Waals surface area contributed by atoms with Gasteiger partial charge in [0.1, 0.15) is 5.52 Å². The van der Waals surface area contributed by atoms with Gasteiger partial charge in [0, 0.05) is 18.6 Å². The number of para-hydroxylation sites is 1. The average molecular weight is 278 g/mol. The third kappa shape index (κ3) is 1.84. The zero-order chi connectivity index (χ0) is 14.4. The molecule has 0 amide bonds. The minimum atomic E-state index is 0.480. The average Bonchev–Trinajstić information content (AvgIpc) is 3.03. The van der Waals surface area contributed by atoms with Gasteiger partial charge in [-0.1, -0.05) is 18.2 Å². The Hall–Kier alpha value is -2.89. The number of rotatable bonds is 2. The number of anilines is 1. The molecule has 0 aliphatic rings. The summed E-state index contributed by atoms with van der Waals surface area (Å²) in [4.78, 5) is 8.83. The number of nitrogen functional groups attached to an aromatic ring is 1. The summed E-state index contributed by atoms with van der Waals surface area (Å²) in [7, 11) is 1.90. The highest BCUT2D eigenvalue weighted by Gasteiger charge is 2.13. The van der Waals surface area contributed by atoms with E-state index < -0.39 is 0 Å². The monoisotopic (exact) mass is 278 g/mol. The molecule has 0 bridgehead atoms. The molecule has 1 aromatic carbocycles. The SMILES string of the molecule is Cn1ccc(Cn2c(N)nc3cnc4ccccc4c32)n1. The van der Waals surface area contributed by atoms with Gasteiger partial charge < -0.3 is 10.3 Å². The minimum absolute atomic E-state index is 0.480. The van der Waals surface area contributed by atoms with E-state index in [0.29, 0.717) is 12.5 Å². The summed E-state index contributed by atoms with van der Waals surface area (Å²) in [6.45, 7) is 0.594. The van der Waals surface area contributed by atoms with E-state index in [4.69, 9.17) is 5.73 Å². The van der Waals surface area contributed by atoms with Crippen LogP contribution in [0.1, 0.15) is 5.69 Å². The fourth-order valence-electron chi connectivity index (χ4n) is 2.65. The first-order chi connectivity index (χ1) is 10.2. The molecule has 0 unspecified atom stereocenters. The molecule has 0 spiro atoms. The van der Waals surface area contributed by atoms with Crippen LogP contribution in [-0.4, -0.2) is 24.3 Å². The van der Waals surface area contributed by atoms with Gasteiger partial charge in [-0.2, -0.15) is 5.10 Å². The van der Waals surface area contributed by atoms with Crippen molar-refractivity contribution in [3.8, 4) is 0 Å². The molecule has 2 N–H and O–H groups in total. The number of aryl methyl sites for hydroxylation is 1. The van der Waals surface area contributed by atoms with Gasteiger partial charge in [0.05, 0.1) is 29.5 Å². The number of hydrogen-bond donors (Lipinski definition) is 1. The fourth-order valence-corrected chi connectivity index (χ4v) is 2.65. The highest BCUT2D eigenvalue weighted by molar-refractivity contribution is 6.02. The first kappa shape index (κ1) is 11.9. The number of hydrogen-bond acceptors (Lipinski definition) is 4. The Morgan fingerprint density at radius 3 is 2.81 bits per heavy atom. The Kier molecular flexibility index (Phi) is 2.44. The van der Waals surface area contributed by atoms with Crippen molar-refractivity contribution in [3.05, 3.63) is 48.4 Å². The van der Waals surface area contributed by atoms with E-state index in [1.165, 1.54) is 0 Å². The lowest BCUT2D eigenvalue weighted by molar-refractivity contribution is 0.718. The lowest BCUT2D eigenvalue weighted by Gasteiger charge is -2.06. The van der Waals surface area contributed by atoms with Crippen LogP contribution in [0.2, 0.25) is 0 Å². The van der Waals surface area contributed by atoms with Gasteiger partial charge in [0.15, 0.2) is 0 Å². The number of fused-ring (bicyclic) bond motifs is 3.